The molecule has 1 amide bonds. The Balaban J connectivity index is 1.48. The molecule has 1 aliphatic carbocycles. The van der Waals surface area contributed by atoms with E-state index in [4.69, 9.17) is 9.47 Å². The maximum Gasteiger partial charge on any atom is 0.224 e. The van der Waals surface area contributed by atoms with Crippen LogP contribution in [0.4, 0.5) is 0 Å². The van der Waals surface area contributed by atoms with E-state index in [-0.39, 0.29) is 24.0 Å². The molecule has 2 aliphatic rings. The fourth-order valence-corrected chi connectivity index (χ4v) is 3.93. The Labute approximate surface area is 159 Å². The smallest absolute Gasteiger partial charge is 0.224 e. The quantitative estimate of drug-likeness (QED) is 0.824. The summed E-state index contributed by atoms with van der Waals surface area (Å²) < 4.78 is 10.8. The van der Waals surface area contributed by atoms with Crippen LogP contribution in [0.15, 0.2) is 42.5 Å². The number of aliphatic hydroxyl groups is 1. The van der Waals surface area contributed by atoms with E-state index >= 15 is 0 Å². The number of methoxy groups -OCH3 is 1. The van der Waals surface area contributed by atoms with Gasteiger partial charge in [-0.3, -0.25) is 4.79 Å². The lowest BCUT2D eigenvalue weighted by molar-refractivity contribution is -0.122. The lowest BCUT2D eigenvalue weighted by Crippen LogP contribution is -2.41. The first kappa shape index (κ1) is 17.9. The highest BCUT2D eigenvalue weighted by atomic mass is 16.5. The number of amides is 1. The Kier molecular flexibility index (Phi) is 5.03. The van der Waals surface area contributed by atoms with Crippen LogP contribution in [0.5, 0.6) is 11.5 Å². The first-order valence-electron chi connectivity index (χ1n) is 9.48. The fourth-order valence-electron chi connectivity index (χ4n) is 3.93. The Hall–Kier alpha value is -2.53. The molecule has 0 radical (unpaired) electrons. The van der Waals surface area contributed by atoms with E-state index in [0.717, 1.165) is 48.5 Å². The number of fused-ring (bicyclic) bond motifs is 1. The third-order valence-electron chi connectivity index (χ3n) is 5.53. The standard InChI is InChI=1S/C22H25NO4/c1-26-19-5-2-14(3-6-19)10-21(25)23-22(17-12-18(24)13-17)16-4-7-20-15(11-16)8-9-27-20/h2-7,11,17-18,22,24H,8-10,12-13H2,1H3,(H,23,25). The van der Waals surface area contributed by atoms with Gasteiger partial charge in [0.2, 0.25) is 5.91 Å². The van der Waals surface area contributed by atoms with E-state index in [0.29, 0.717) is 6.42 Å². The predicted octanol–water partition coefficient (Wildman–Crippen LogP) is 2.80. The summed E-state index contributed by atoms with van der Waals surface area (Å²) in [4.78, 5) is 12.7. The Morgan fingerprint density at radius 3 is 2.74 bits per heavy atom. The molecule has 0 bridgehead atoms. The molecule has 27 heavy (non-hydrogen) atoms. The van der Waals surface area contributed by atoms with Gasteiger partial charge in [0.1, 0.15) is 11.5 Å². The van der Waals surface area contributed by atoms with Gasteiger partial charge in [-0.2, -0.15) is 0 Å². The number of benzene rings is 2. The van der Waals surface area contributed by atoms with Crippen molar-refractivity contribution in [3.63, 3.8) is 0 Å². The van der Waals surface area contributed by atoms with Gasteiger partial charge in [0, 0.05) is 6.42 Å². The van der Waals surface area contributed by atoms with E-state index in [9.17, 15) is 9.90 Å². The van der Waals surface area contributed by atoms with Crippen LogP contribution in [0.3, 0.4) is 0 Å². The number of rotatable bonds is 6. The van der Waals surface area contributed by atoms with Crippen molar-refractivity contribution in [2.24, 2.45) is 5.92 Å². The fraction of sp³-hybridized carbons (Fsp3) is 0.409. The van der Waals surface area contributed by atoms with Crippen LogP contribution in [-0.2, 0) is 17.6 Å². The van der Waals surface area contributed by atoms with Gasteiger partial charge in [-0.05, 0) is 59.7 Å². The second-order valence-electron chi connectivity index (χ2n) is 7.42. The molecule has 2 N–H and O–H groups in total. The van der Waals surface area contributed by atoms with Crippen LogP contribution >= 0.6 is 0 Å². The summed E-state index contributed by atoms with van der Waals surface area (Å²) in [5.74, 6) is 1.97. The molecule has 2 aromatic rings. The summed E-state index contributed by atoms with van der Waals surface area (Å²) in [7, 11) is 1.63. The molecule has 1 fully saturated rings. The highest BCUT2D eigenvalue weighted by Crippen LogP contribution is 2.39. The van der Waals surface area contributed by atoms with Gasteiger partial charge in [-0.25, -0.2) is 0 Å². The Morgan fingerprint density at radius 2 is 2.04 bits per heavy atom. The molecule has 1 atom stereocenters. The molecule has 0 saturated heterocycles. The molecule has 1 aliphatic heterocycles. The molecular weight excluding hydrogens is 342 g/mol. The van der Waals surface area contributed by atoms with E-state index < -0.39 is 0 Å². The number of nitrogens with one attached hydrogen (secondary N) is 1. The monoisotopic (exact) mass is 367 g/mol. The summed E-state index contributed by atoms with van der Waals surface area (Å²) >= 11 is 0. The van der Waals surface area contributed by atoms with Crippen LogP contribution in [0.25, 0.3) is 0 Å². The van der Waals surface area contributed by atoms with Crippen LogP contribution in [-0.4, -0.2) is 30.8 Å². The average Bonchev–Trinajstić information content (AvgIpc) is 3.12. The zero-order chi connectivity index (χ0) is 18.8. The predicted molar refractivity (Wildman–Crippen MR) is 102 cm³/mol. The second kappa shape index (κ2) is 7.61. The van der Waals surface area contributed by atoms with Crippen molar-refractivity contribution in [3.05, 3.63) is 59.2 Å². The number of hydrogen-bond donors (Lipinski definition) is 2. The van der Waals surface area contributed by atoms with Gasteiger partial charge in [0.25, 0.3) is 0 Å². The summed E-state index contributed by atoms with van der Waals surface area (Å²) in [6, 6.07) is 13.6. The van der Waals surface area contributed by atoms with Gasteiger partial charge < -0.3 is 19.9 Å². The SMILES string of the molecule is COc1ccc(CC(=O)NC(c2ccc3c(c2)CCO3)C2CC(O)C2)cc1. The minimum absolute atomic E-state index is 0.0108. The molecule has 1 heterocycles. The van der Waals surface area contributed by atoms with Crippen LogP contribution in [0.1, 0.15) is 35.6 Å². The van der Waals surface area contributed by atoms with Gasteiger partial charge in [-0.1, -0.05) is 18.2 Å². The average molecular weight is 367 g/mol. The minimum atomic E-state index is -0.256. The summed E-state index contributed by atoms with van der Waals surface area (Å²) in [6.07, 6.45) is 2.42. The molecule has 2 aromatic carbocycles. The van der Waals surface area contributed by atoms with Crippen molar-refractivity contribution in [1.82, 2.24) is 5.32 Å². The number of carbonyl (C=O) groups is 1. The number of ether oxygens (including phenoxy) is 2. The van der Waals surface area contributed by atoms with E-state index in [1.165, 1.54) is 5.56 Å². The van der Waals surface area contributed by atoms with E-state index in [2.05, 4.69) is 11.4 Å². The van der Waals surface area contributed by atoms with Gasteiger partial charge in [0.05, 0.1) is 32.3 Å². The maximum absolute atomic E-state index is 12.7. The van der Waals surface area contributed by atoms with Gasteiger partial charge in [-0.15, -0.1) is 0 Å². The number of hydrogen-bond acceptors (Lipinski definition) is 4. The van der Waals surface area contributed by atoms with E-state index in [1.54, 1.807) is 7.11 Å². The zero-order valence-electron chi connectivity index (χ0n) is 15.5. The van der Waals surface area contributed by atoms with Crippen molar-refractivity contribution in [2.45, 2.75) is 37.8 Å². The molecule has 5 heteroatoms. The van der Waals surface area contributed by atoms with Crippen LogP contribution in [0.2, 0.25) is 0 Å². The van der Waals surface area contributed by atoms with Gasteiger partial charge >= 0.3 is 0 Å². The third-order valence-corrected chi connectivity index (χ3v) is 5.53. The molecule has 142 valence electrons. The molecule has 0 spiro atoms. The minimum Gasteiger partial charge on any atom is -0.497 e. The normalized spacial score (nSPS) is 21.6. The zero-order valence-corrected chi connectivity index (χ0v) is 15.5. The van der Waals surface area contributed by atoms with Crippen molar-refractivity contribution in [2.75, 3.05) is 13.7 Å². The Bertz CT molecular complexity index is 812. The van der Waals surface area contributed by atoms with Crippen molar-refractivity contribution < 1.29 is 19.4 Å². The maximum atomic E-state index is 12.7. The molecule has 0 aromatic heterocycles. The number of aliphatic hydroxyl groups excluding tert-OH is 1. The van der Waals surface area contributed by atoms with Crippen molar-refractivity contribution in [3.8, 4) is 11.5 Å². The van der Waals surface area contributed by atoms with E-state index in [1.807, 2.05) is 36.4 Å². The molecule has 5 nitrogen and oxygen atoms in total. The Morgan fingerprint density at radius 1 is 1.26 bits per heavy atom. The lowest BCUT2D eigenvalue weighted by atomic mass is 9.74. The highest BCUT2D eigenvalue weighted by molar-refractivity contribution is 5.79. The van der Waals surface area contributed by atoms with Gasteiger partial charge in [0.15, 0.2) is 0 Å². The topological polar surface area (TPSA) is 67.8 Å². The van der Waals surface area contributed by atoms with Crippen molar-refractivity contribution >= 4 is 5.91 Å². The first-order chi connectivity index (χ1) is 13.1. The molecule has 1 saturated carbocycles. The molecule has 4 rings (SSSR count). The summed E-state index contributed by atoms with van der Waals surface area (Å²) in [5, 5.41) is 12.9. The molecular formula is C22H25NO4. The van der Waals surface area contributed by atoms with Crippen LogP contribution in [0, 0.1) is 5.92 Å². The van der Waals surface area contributed by atoms with Crippen molar-refractivity contribution in [1.29, 1.82) is 0 Å². The first-order valence-corrected chi connectivity index (χ1v) is 9.48. The highest BCUT2D eigenvalue weighted by Gasteiger charge is 2.36. The third kappa shape index (κ3) is 3.93. The lowest BCUT2D eigenvalue weighted by Gasteiger charge is -2.38. The second-order valence-corrected chi connectivity index (χ2v) is 7.42. The van der Waals surface area contributed by atoms with Crippen LogP contribution < -0.4 is 14.8 Å². The summed E-state index contributed by atoms with van der Waals surface area (Å²) in [6.45, 7) is 0.718. The summed E-state index contributed by atoms with van der Waals surface area (Å²) in [5.41, 5.74) is 3.24. The largest absolute Gasteiger partial charge is 0.497 e. The number of carbonyl (C=O) groups excluding carboxylic acids is 1. The molecule has 1 unspecified atom stereocenters.